The van der Waals surface area contributed by atoms with E-state index in [4.69, 9.17) is 4.74 Å². The average molecular weight is 366 g/mol. The van der Waals surface area contributed by atoms with Crippen LogP contribution in [0.2, 0.25) is 0 Å². The maximum Gasteiger partial charge on any atom is 0.341 e. The second-order valence-corrected chi connectivity index (χ2v) is 8.16. The minimum atomic E-state index is -0.282. The molecule has 0 saturated carbocycles. The Bertz CT molecular complexity index is 594. The van der Waals surface area contributed by atoms with Gasteiger partial charge in [0.25, 0.3) is 0 Å². The molecule has 1 aliphatic rings. The molecule has 1 aromatic heterocycles. The Labute approximate surface area is 155 Å². The molecule has 0 saturated heterocycles. The fraction of sp³-hybridized carbons (Fsp3) is 0.700. The third kappa shape index (κ3) is 5.56. The third-order valence-corrected chi connectivity index (χ3v) is 5.83. The van der Waals surface area contributed by atoms with E-state index in [1.807, 2.05) is 6.92 Å². The van der Waals surface area contributed by atoms with Gasteiger partial charge in [-0.05, 0) is 43.6 Å². The first-order chi connectivity index (χ1) is 12.1. The van der Waals surface area contributed by atoms with Crippen molar-refractivity contribution >= 4 is 28.2 Å². The molecule has 0 bridgehead atoms. The van der Waals surface area contributed by atoms with Crippen molar-refractivity contribution in [1.29, 1.82) is 0 Å². The highest BCUT2D eigenvalue weighted by atomic mass is 32.1. The highest BCUT2D eigenvalue weighted by Crippen LogP contribution is 2.40. The van der Waals surface area contributed by atoms with Crippen LogP contribution in [0.3, 0.4) is 0 Å². The largest absolute Gasteiger partial charge is 0.462 e. The van der Waals surface area contributed by atoms with E-state index in [2.05, 4.69) is 19.2 Å². The highest BCUT2D eigenvalue weighted by molar-refractivity contribution is 7.17. The number of anilines is 1. The van der Waals surface area contributed by atoms with Gasteiger partial charge in [0.05, 0.1) is 12.2 Å². The lowest BCUT2D eigenvalue weighted by atomic mass is 9.88. The van der Waals surface area contributed by atoms with Crippen LogP contribution in [0.25, 0.3) is 0 Å². The lowest BCUT2D eigenvalue weighted by Crippen LogP contribution is -2.16. The summed E-state index contributed by atoms with van der Waals surface area (Å²) >= 11 is 1.57. The maximum atomic E-state index is 12.6. The molecule has 1 unspecified atom stereocenters. The van der Waals surface area contributed by atoms with Gasteiger partial charge in [0.1, 0.15) is 5.00 Å². The predicted molar refractivity (Wildman–Crippen MR) is 103 cm³/mol. The molecule has 4 nitrogen and oxygen atoms in total. The Kier molecular flexibility index (Phi) is 7.94. The summed E-state index contributed by atoms with van der Waals surface area (Å²) in [6.07, 6.45) is 8.58. The van der Waals surface area contributed by atoms with Gasteiger partial charge in [0, 0.05) is 11.3 Å². The van der Waals surface area contributed by atoms with Crippen LogP contribution in [-0.2, 0) is 22.4 Å². The summed E-state index contributed by atoms with van der Waals surface area (Å²) in [6.45, 7) is 6.80. The number of esters is 1. The van der Waals surface area contributed by atoms with Gasteiger partial charge in [-0.25, -0.2) is 4.79 Å². The highest BCUT2D eigenvalue weighted by Gasteiger charge is 2.29. The molecule has 1 amide bonds. The van der Waals surface area contributed by atoms with Crippen LogP contribution in [0.15, 0.2) is 0 Å². The molecule has 0 aliphatic heterocycles. The van der Waals surface area contributed by atoms with Crippen LogP contribution in [0, 0.1) is 5.92 Å². The van der Waals surface area contributed by atoms with Crippen LogP contribution in [-0.4, -0.2) is 18.5 Å². The fourth-order valence-corrected chi connectivity index (χ4v) is 4.64. The second-order valence-electron chi connectivity index (χ2n) is 7.05. The number of ether oxygens (including phenoxy) is 1. The van der Waals surface area contributed by atoms with Crippen molar-refractivity contribution in [1.82, 2.24) is 0 Å². The van der Waals surface area contributed by atoms with Crippen molar-refractivity contribution in [3.05, 3.63) is 16.0 Å². The summed E-state index contributed by atoms with van der Waals surface area (Å²) in [5.74, 6) is 0.353. The zero-order valence-corrected chi connectivity index (χ0v) is 16.6. The van der Waals surface area contributed by atoms with Crippen molar-refractivity contribution in [3.63, 3.8) is 0 Å². The summed E-state index contributed by atoms with van der Waals surface area (Å²) in [5.41, 5.74) is 1.72. The molecule has 1 heterocycles. The van der Waals surface area contributed by atoms with Crippen LogP contribution in [0.4, 0.5) is 5.00 Å². The summed E-state index contributed by atoms with van der Waals surface area (Å²) < 4.78 is 5.38. The van der Waals surface area contributed by atoms with Gasteiger partial charge in [0.15, 0.2) is 0 Å². The minimum absolute atomic E-state index is 0.00675. The van der Waals surface area contributed by atoms with E-state index in [0.29, 0.717) is 29.5 Å². The Morgan fingerprint density at radius 3 is 2.72 bits per heavy atom. The van der Waals surface area contributed by atoms with Crippen LogP contribution >= 0.6 is 11.3 Å². The monoisotopic (exact) mass is 365 g/mol. The number of hydrogen-bond acceptors (Lipinski definition) is 4. The van der Waals surface area contributed by atoms with E-state index in [-0.39, 0.29) is 11.9 Å². The zero-order chi connectivity index (χ0) is 18.2. The zero-order valence-electron chi connectivity index (χ0n) is 15.8. The molecule has 1 atom stereocenters. The van der Waals surface area contributed by atoms with Crippen molar-refractivity contribution in [2.24, 2.45) is 5.92 Å². The summed E-state index contributed by atoms with van der Waals surface area (Å²) in [5, 5.41) is 3.69. The van der Waals surface area contributed by atoms with Gasteiger partial charge < -0.3 is 10.1 Å². The SMILES string of the molecule is CCCCCCC(=O)Nc1sc2c(c1C(=O)OCCC)CCC(C)C2. The molecule has 25 heavy (non-hydrogen) atoms. The first-order valence-corrected chi connectivity index (χ1v) is 10.5. The molecule has 1 N–H and O–H groups in total. The molecule has 2 rings (SSSR count). The maximum absolute atomic E-state index is 12.6. The van der Waals surface area contributed by atoms with Gasteiger partial charge in [0.2, 0.25) is 5.91 Å². The standard InChI is InChI=1S/C20H31NO3S/c1-4-6-7-8-9-17(22)21-19-18(20(23)24-12-5-2)15-11-10-14(3)13-16(15)25-19/h14H,4-13H2,1-3H3,(H,21,22). The number of hydrogen-bond donors (Lipinski definition) is 1. The topological polar surface area (TPSA) is 55.4 Å². The van der Waals surface area contributed by atoms with Gasteiger partial charge in [-0.15, -0.1) is 11.3 Å². The van der Waals surface area contributed by atoms with Crippen molar-refractivity contribution in [3.8, 4) is 0 Å². The number of unbranched alkanes of at least 4 members (excludes halogenated alkanes) is 3. The molecule has 0 fully saturated rings. The summed E-state index contributed by atoms with van der Waals surface area (Å²) in [7, 11) is 0. The predicted octanol–water partition coefficient (Wildman–Crippen LogP) is 5.35. The summed E-state index contributed by atoms with van der Waals surface area (Å²) in [4.78, 5) is 26.1. The third-order valence-electron chi connectivity index (χ3n) is 4.66. The van der Waals surface area contributed by atoms with Crippen molar-refractivity contribution in [2.75, 3.05) is 11.9 Å². The first kappa shape index (κ1) is 20.0. The van der Waals surface area contributed by atoms with E-state index in [0.717, 1.165) is 56.9 Å². The van der Waals surface area contributed by atoms with E-state index in [1.54, 1.807) is 11.3 Å². The van der Waals surface area contributed by atoms with Crippen LogP contribution in [0.5, 0.6) is 0 Å². The number of nitrogens with one attached hydrogen (secondary N) is 1. The van der Waals surface area contributed by atoms with E-state index < -0.39 is 0 Å². The van der Waals surface area contributed by atoms with Crippen LogP contribution in [0.1, 0.15) is 86.5 Å². The van der Waals surface area contributed by atoms with Gasteiger partial charge in [-0.2, -0.15) is 0 Å². The van der Waals surface area contributed by atoms with Gasteiger partial charge >= 0.3 is 5.97 Å². The lowest BCUT2D eigenvalue weighted by Gasteiger charge is -2.18. The Balaban J connectivity index is 2.12. The number of carbonyl (C=O) groups excluding carboxylic acids is 2. The lowest BCUT2D eigenvalue weighted by molar-refractivity contribution is -0.116. The molecule has 140 valence electrons. The fourth-order valence-electron chi connectivity index (χ4n) is 3.22. The second kappa shape index (κ2) is 9.95. The molecular formula is C20H31NO3S. The minimum Gasteiger partial charge on any atom is -0.462 e. The number of amides is 1. The van der Waals surface area contributed by atoms with Gasteiger partial charge in [-0.1, -0.05) is 40.0 Å². The Hall–Kier alpha value is -1.36. The number of carbonyl (C=O) groups is 2. The molecule has 0 radical (unpaired) electrons. The smallest absolute Gasteiger partial charge is 0.341 e. The normalized spacial score (nSPS) is 16.4. The van der Waals surface area contributed by atoms with Crippen LogP contribution < -0.4 is 5.32 Å². The molecule has 1 aliphatic carbocycles. The first-order valence-electron chi connectivity index (χ1n) is 9.68. The van der Waals surface area contributed by atoms with Crippen molar-refractivity contribution < 1.29 is 14.3 Å². The molecule has 0 spiro atoms. The number of rotatable bonds is 9. The van der Waals surface area contributed by atoms with Crippen molar-refractivity contribution in [2.45, 2.75) is 78.6 Å². The van der Waals surface area contributed by atoms with E-state index in [1.165, 1.54) is 4.88 Å². The Morgan fingerprint density at radius 1 is 1.20 bits per heavy atom. The average Bonchev–Trinajstić information content (AvgIpc) is 2.93. The molecule has 5 heteroatoms. The number of thiophene rings is 1. The molecule has 0 aromatic carbocycles. The summed E-state index contributed by atoms with van der Waals surface area (Å²) in [6, 6.07) is 0. The quantitative estimate of drug-likeness (QED) is 0.474. The van der Waals surface area contributed by atoms with Gasteiger partial charge in [-0.3, -0.25) is 4.79 Å². The van der Waals surface area contributed by atoms with E-state index in [9.17, 15) is 9.59 Å². The number of fused-ring (bicyclic) bond motifs is 1. The molecule has 1 aromatic rings. The van der Waals surface area contributed by atoms with E-state index >= 15 is 0 Å². The molecular weight excluding hydrogens is 334 g/mol. The Morgan fingerprint density at radius 2 is 2.00 bits per heavy atom.